The zero-order valence-electron chi connectivity index (χ0n) is 11.2. The van der Waals surface area contributed by atoms with Crippen molar-refractivity contribution in [3.05, 3.63) is 0 Å². The van der Waals surface area contributed by atoms with E-state index in [0.29, 0.717) is 18.0 Å². The normalized spacial score (nSPS) is 29.0. The highest BCUT2D eigenvalue weighted by Crippen LogP contribution is 2.19. The molecule has 1 N–H and O–H groups in total. The Kier molecular flexibility index (Phi) is 5.31. The molecule has 1 saturated heterocycles. The van der Waals surface area contributed by atoms with Gasteiger partial charge in [0.25, 0.3) is 0 Å². The first-order chi connectivity index (χ1) is 7.60. The van der Waals surface area contributed by atoms with E-state index in [0.717, 1.165) is 13.1 Å². The zero-order valence-corrected chi connectivity index (χ0v) is 11.2. The molecule has 1 rings (SSSR count). The van der Waals surface area contributed by atoms with Crippen molar-refractivity contribution in [3.8, 4) is 12.3 Å². The summed E-state index contributed by atoms with van der Waals surface area (Å²) in [5, 5.41) is 3.65. The minimum Gasteiger partial charge on any atom is -0.311 e. The fraction of sp³-hybridized carbons (Fsp3) is 0.857. The number of nitrogens with zero attached hydrogens (tertiary/aromatic N) is 1. The molecule has 2 nitrogen and oxygen atoms in total. The molecule has 2 heteroatoms. The molecule has 3 atom stereocenters. The van der Waals surface area contributed by atoms with E-state index in [1.165, 1.54) is 12.8 Å². The second-order valence-corrected chi connectivity index (χ2v) is 5.24. The number of terminal acetylenes is 1. The largest absolute Gasteiger partial charge is 0.311 e. The number of hydrogen-bond acceptors (Lipinski definition) is 2. The van der Waals surface area contributed by atoms with Crippen LogP contribution in [0.25, 0.3) is 0 Å². The maximum Gasteiger partial charge on any atom is 0.0686 e. The van der Waals surface area contributed by atoms with Crippen LogP contribution in [0.3, 0.4) is 0 Å². The van der Waals surface area contributed by atoms with Crippen molar-refractivity contribution in [2.24, 2.45) is 5.92 Å². The molecule has 0 aromatic carbocycles. The van der Waals surface area contributed by atoms with Crippen LogP contribution in [-0.2, 0) is 0 Å². The lowest BCUT2D eigenvalue weighted by Gasteiger charge is -2.44. The van der Waals surface area contributed by atoms with Crippen LogP contribution in [-0.4, -0.2) is 36.1 Å². The highest BCUT2D eigenvalue weighted by Gasteiger charge is 2.31. The summed E-state index contributed by atoms with van der Waals surface area (Å²) in [5.41, 5.74) is 0. The molecule has 1 aliphatic rings. The Bertz CT molecular complexity index is 242. The SMILES string of the molecule is C#CC(C)N1CC(CCC)NCC1C(C)C. The number of hydrogen-bond donors (Lipinski definition) is 1. The Balaban J connectivity index is 2.66. The number of rotatable bonds is 4. The summed E-state index contributed by atoms with van der Waals surface area (Å²) in [5.74, 6) is 3.54. The van der Waals surface area contributed by atoms with Crippen LogP contribution >= 0.6 is 0 Å². The van der Waals surface area contributed by atoms with E-state index in [2.05, 4.69) is 43.8 Å². The number of nitrogens with one attached hydrogen (secondary N) is 1. The van der Waals surface area contributed by atoms with Crippen LogP contribution in [0, 0.1) is 18.3 Å². The van der Waals surface area contributed by atoms with E-state index in [1.807, 2.05) is 0 Å². The summed E-state index contributed by atoms with van der Waals surface area (Å²) in [7, 11) is 0. The Hall–Kier alpha value is -0.520. The third-order valence-electron chi connectivity index (χ3n) is 3.62. The van der Waals surface area contributed by atoms with Gasteiger partial charge in [0, 0.05) is 25.2 Å². The minimum atomic E-state index is 0.258. The Morgan fingerprint density at radius 1 is 1.44 bits per heavy atom. The van der Waals surface area contributed by atoms with Gasteiger partial charge in [-0.25, -0.2) is 0 Å². The van der Waals surface area contributed by atoms with Crippen molar-refractivity contribution in [1.29, 1.82) is 0 Å². The quantitative estimate of drug-likeness (QED) is 0.733. The van der Waals surface area contributed by atoms with Crippen molar-refractivity contribution >= 4 is 0 Å². The molecule has 0 aliphatic carbocycles. The average molecular weight is 222 g/mol. The van der Waals surface area contributed by atoms with E-state index in [1.54, 1.807) is 0 Å². The standard InChI is InChI=1S/C14H26N2/c1-6-8-13-10-16(12(5)7-2)14(9-15-13)11(3)4/h2,11-15H,6,8-10H2,1,3-5H3. The third kappa shape index (κ3) is 3.23. The van der Waals surface area contributed by atoms with Gasteiger partial charge in [-0.1, -0.05) is 33.1 Å². The third-order valence-corrected chi connectivity index (χ3v) is 3.62. The van der Waals surface area contributed by atoms with E-state index in [-0.39, 0.29) is 6.04 Å². The molecule has 0 aromatic rings. The molecule has 1 fully saturated rings. The van der Waals surface area contributed by atoms with Crippen molar-refractivity contribution in [3.63, 3.8) is 0 Å². The summed E-state index contributed by atoms with van der Waals surface area (Å²) in [6, 6.07) is 1.46. The summed E-state index contributed by atoms with van der Waals surface area (Å²) in [6.45, 7) is 11.1. The lowest BCUT2D eigenvalue weighted by atomic mass is 9.95. The van der Waals surface area contributed by atoms with Crippen molar-refractivity contribution in [2.75, 3.05) is 13.1 Å². The van der Waals surface area contributed by atoms with E-state index >= 15 is 0 Å². The van der Waals surface area contributed by atoms with Crippen LogP contribution in [0.1, 0.15) is 40.5 Å². The van der Waals surface area contributed by atoms with E-state index < -0.39 is 0 Å². The fourth-order valence-electron chi connectivity index (χ4n) is 2.56. The van der Waals surface area contributed by atoms with Gasteiger partial charge in [0.2, 0.25) is 0 Å². The first kappa shape index (κ1) is 13.5. The summed E-state index contributed by atoms with van der Waals surface area (Å²) >= 11 is 0. The highest BCUT2D eigenvalue weighted by molar-refractivity contribution is 5.02. The second kappa shape index (κ2) is 6.27. The molecule has 3 unspecified atom stereocenters. The first-order valence-electron chi connectivity index (χ1n) is 6.55. The van der Waals surface area contributed by atoms with Crippen molar-refractivity contribution in [2.45, 2.75) is 58.7 Å². The van der Waals surface area contributed by atoms with Gasteiger partial charge in [-0.3, -0.25) is 4.90 Å². The summed E-state index contributed by atoms with van der Waals surface area (Å²) < 4.78 is 0. The molecule has 92 valence electrons. The Labute approximate surface area is 101 Å². The Morgan fingerprint density at radius 2 is 2.12 bits per heavy atom. The van der Waals surface area contributed by atoms with Gasteiger partial charge in [-0.05, 0) is 19.3 Å². The monoisotopic (exact) mass is 222 g/mol. The topological polar surface area (TPSA) is 15.3 Å². The molecule has 1 heterocycles. The molecule has 0 aromatic heterocycles. The van der Waals surface area contributed by atoms with Crippen LogP contribution in [0.5, 0.6) is 0 Å². The smallest absolute Gasteiger partial charge is 0.0686 e. The van der Waals surface area contributed by atoms with Gasteiger partial charge < -0.3 is 5.32 Å². The van der Waals surface area contributed by atoms with Crippen molar-refractivity contribution < 1.29 is 0 Å². The fourth-order valence-corrected chi connectivity index (χ4v) is 2.56. The predicted octanol–water partition coefficient (Wildman–Crippen LogP) is 2.11. The van der Waals surface area contributed by atoms with Gasteiger partial charge >= 0.3 is 0 Å². The average Bonchev–Trinajstić information content (AvgIpc) is 2.28. The molecule has 0 amide bonds. The Morgan fingerprint density at radius 3 is 2.62 bits per heavy atom. The molecule has 0 bridgehead atoms. The molecular formula is C14H26N2. The number of piperazine rings is 1. The maximum atomic E-state index is 5.57. The highest BCUT2D eigenvalue weighted by atomic mass is 15.3. The van der Waals surface area contributed by atoms with Crippen molar-refractivity contribution in [1.82, 2.24) is 10.2 Å². The van der Waals surface area contributed by atoms with Gasteiger partial charge in [0.1, 0.15) is 0 Å². The molecule has 16 heavy (non-hydrogen) atoms. The van der Waals surface area contributed by atoms with Gasteiger partial charge in [-0.15, -0.1) is 6.42 Å². The lowest BCUT2D eigenvalue weighted by molar-refractivity contribution is 0.0800. The molecule has 1 aliphatic heterocycles. The van der Waals surface area contributed by atoms with Crippen LogP contribution in [0.2, 0.25) is 0 Å². The first-order valence-corrected chi connectivity index (χ1v) is 6.55. The maximum absolute atomic E-state index is 5.57. The van der Waals surface area contributed by atoms with Gasteiger partial charge in [0.05, 0.1) is 6.04 Å². The molecule has 0 saturated carbocycles. The summed E-state index contributed by atoms with van der Waals surface area (Å²) in [6.07, 6.45) is 8.06. The predicted molar refractivity (Wildman–Crippen MR) is 70.3 cm³/mol. The molecule has 0 spiro atoms. The van der Waals surface area contributed by atoms with Crippen LogP contribution in [0.4, 0.5) is 0 Å². The lowest BCUT2D eigenvalue weighted by Crippen LogP contribution is -2.60. The summed E-state index contributed by atoms with van der Waals surface area (Å²) in [4.78, 5) is 2.50. The molecule has 0 radical (unpaired) electrons. The zero-order chi connectivity index (χ0) is 12.1. The van der Waals surface area contributed by atoms with Gasteiger partial charge in [-0.2, -0.15) is 0 Å². The van der Waals surface area contributed by atoms with E-state index in [9.17, 15) is 0 Å². The van der Waals surface area contributed by atoms with Gasteiger partial charge in [0.15, 0.2) is 0 Å². The second-order valence-electron chi connectivity index (χ2n) is 5.24. The molecular weight excluding hydrogens is 196 g/mol. The minimum absolute atomic E-state index is 0.258. The van der Waals surface area contributed by atoms with Crippen LogP contribution in [0.15, 0.2) is 0 Å². The van der Waals surface area contributed by atoms with Crippen LogP contribution < -0.4 is 5.32 Å². The van der Waals surface area contributed by atoms with E-state index in [4.69, 9.17) is 6.42 Å².